The van der Waals surface area contributed by atoms with Crippen LogP contribution in [0.5, 0.6) is 11.5 Å². The molecule has 1 amide bonds. The summed E-state index contributed by atoms with van der Waals surface area (Å²) in [7, 11) is 0. The number of hydrogen-bond donors (Lipinski definition) is 1. The summed E-state index contributed by atoms with van der Waals surface area (Å²) >= 11 is 1.03. The topological polar surface area (TPSA) is 123 Å². The number of thiazole rings is 1. The maximum Gasteiger partial charge on any atom is 0.301 e. The van der Waals surface area contributed by atoms with E-state index < -0.39 is 23.5 Å². The fourth-order valence-corrected chi connectivity index (χ4v) is 6.23. The molecule has 1 atom stereocenters. The second-order valence-electron chi connectivity index (χ2n) is 10.4. The van der Waals surface area contributed by atoms with Gasteiger partial charge in [0.05, 0.1) is 41.1 Å². The molecule has 0 aliphatic carbocycles. The van der Waals surface area contributed by atoms with Gasteiger partial charge in [-0.25, -0.2) is 9.97 Å². The quantitative estimate of drug-likeness (QED) is 0.0757. The highest BCUT2D eigenvalue weighted by molar-refractivity contribution is 7.18. The Morgan fingerprint density at radius 2 is 1.84 bits per heavy atom. The van der Waals surface area contributed by atoms with Gasteiger partial charge in [0.15, 0.2) is 28.2 Å². The van der Waals surface area contributed by atoms with Crippen LogP contribution < -0.4 is 14.4 Å². The van der Waals surface area contributed by atoms with Gasteiger partial charge in [-0.15, -0.1) is 0 Å². The number of unbranched alkanes of at least 4 members (excludes halogenated alkanes) is 1. The maximum atomic E-state index is 13.8. The third-order valence-electron chi connectivity index (χ3n) is 7.40. The van der Waals surface area contributed by atoms with Crippen molar-refractivity contribution in [2.24, 2.45) is 0 Å². The number of imidazole rings is 1. The number of pyridine rings is 1. The summed E-state index contributed by atoms with van der Waals surface area (Å²) in [5.74, 6) is -1.36. The third-order valence-corrected chi connectivity index (χ3v) is 8.66. The summed E-state index contributed by atoms with van der Waals surface area (Å²) < 4.78 is 13.7. The van der Waals surface area contributed by atoms with Gasteiger partial charge in [0, 0.05) is 13.1 Å². The van der Waals surface area contributed by atoms with Crippen molar-refractivity contribution < 1.29 is 29.0 Å². The maximum absolute atomic E-state index is 13.8. The first kappa shape index (κ1) is 30.0. The van der Waals surface area contributed by atoms with Crippen LogP contribution >= 0.6 is 11.3 Å². The van der Waals surface area contributed by atoms with E-state index in [1.807, 2.05) is 36.6 Å². The highest BCUT2D eigenvalue weighted by atomic mass is 32.1. The van der Waals surface area contributed by atoms with Gasteiger partial charge in [-0.3, -0.25) is 19.3 Å². The molecule has 1 saturated heterocycles. The number of fused-ring (bicyclic) bond motifs is 1. The number of nitrogens with zero attached hydrogens (tertiary/aromatic N) is 4. The Balaban J connectivity index is 1.74. The normalized spacial score (nSPS) is 16.3. The van der Waals surface area contributed by atoms with Crippen LogP contribution in [0.25, 0.3) is 11.4 Å². The Labute approximate surface area is 253 Å². The van der Waals surface area contributed by atoms with E-state index >= 15 is 0 Å². The lowest BCUT2D eigenvalue weighted by Gasteiger charge is -2.24. The van der Waals surface area contributed by atoms with E-state index in [1.165, 1.54) is 11.8 Å². The highest BCUT2D eigenvalue weighted by Gasteiger charge is 2.49. The number of ketones is 2. The standard InChI is InChI=1S/C32H34N4O6S/c1-7-9-15-42-22-13-12-21(16-23(22)41-8-2)26-24(27(38)25-19(5)35-14-10-11-17(3)30(35)34-25)28(39)31(40)36(26)32-33-18(4)29(43-32)20(6)37/h10-14,16,26,38H,7-9,15H2,1-6H3/b27-24+. The summed E-state index contributed by atoms with van der Waals surface area (Å²) in [6, 6.07) is 7.91. The van der Waals surface area contributed by atoms with Crippen LogP contribution in [0.3, 0.4) is 0 Å². The minimum Gasteiger partial charge on any atom is -0.505 e. The number of anilines is 1. The molecule has 1 aliphatic rings. The highest BCUT2D eigenvalue weighted by Crippen LogP contribution is 2.46. The number of Topliss-reactive ketones (excluding diaryl/α,β-unsaturated/α-hetero) is 2. The van der Waals surface area contributed by atoms with Gasteiger partial charge < -0.3 is 19.0 Å². The molecule has 0 saturated carbocycles. The number of hydrogen-bond acceptors (Lipinski definition) is 9. The monoisotopic (exact) mass is 602 g/mol. The van der Waals surface area contributed by atoms with Crippen molar-refractivity contribution >= 4 is 45.3 Å². The number of amides is 1. The zero-order chi connectivity index (χ0) is 31.0. The zero-order valence-corrected chi connectivity index (χ0v) is 25.9. The van der Waals surface area contributed by atoms with E-state index in [-0.39, 0.29) is 22.2 Å². The number of ether oxygens (including phenoxy) is 2. The van der Waals surface area contributed by atoms with E-state index in [0.717, 1.165) is 29.7 Å². The van der Waals surface area contributed by atoms with E-state index in [1.54, 1.807) is 32.0 Å². The van der Waals surface area contributed by atoms with Gasteiger partial charge in [-0.1, -0.05) is 36.8 Å². The van der Waals surface area contributed by atoms with Gasteiger partial charge >= 0.3 is 5.91 Å². The number of carbonyl (C=O) groups is 3. The van der Waals surface area contributed by atoms with E-state index in [9.17, 15) is 19.5 Å². The van der Waals surface area contributed by atoms with Crippen LogP contribution in [-0.2, 0) is 9.59 Å². The first-order valence-corrected chi connectivity index (χ1v) is 15.0. The number of aliphatic hydroxyl groups excluding tert-OH is 1. The molecule has 5 rings (SSSR count). The molecule has 1 aromatic carbocycles. The number of aromatic nitrogens is 3. The predicted molar refractivity (Wildman–Crippen MR) is 164 cm³/mol. The third kappa shape index (κ3) is 5.29. The average molecular weight is 603 g/mol. The first-order valence-electron chi connectivity index (χ1n) is 14.2. The summed E-state index contributed by atoms with van der Waals surface area (Å²) in [4.78, 5) is 50.6. The molecule has 0 spiro atoms. The SMILES string of the molecule is CCCCOc1ccc(C2/C(=C(\O)c3nc4c(C)cccn4c3C)C(=O)C(=O)N2c2nc(C)c(C(C)=O)s2)cc1OCC. The van der Waals surface area contributed by atoms with Crippen molar-refractivity contribution in [1.29, 1.82) is 0 Å². The van der Waals surface area contributed by atoms with Gasteiger partial charge in [-0.2, -0.15) is 0 Å². The molecular weight excluding hydrogens is 568 g/mol. The van der Waals surface area contributed by atoms with Crippen molar-refractivity contribution in [3.63, 3.8) is 0 Å². The lowest BCUT2D eigenvalue weighted by Crippen LogP contribution is -2.29. The van der Waals surface area contributed by atoms with E-state index in [2.05, 4.69) is 16.9 Å². The minimum atomic E-state index is -1.07. The molecule has 1 fully saturated rings. The molecule has 1 N–H and O–H groups in total. The van der Waals surface area contributed by atoms with Crippen molar-refractivity contribution in [1.82, 2.24) is 14.4 Å². The number of carbonyl (C=O) groups excluding carboxylic acids is 3. The molecular formula is C32H34N4O6S. The van der Waals surface area contributed by atoms with E-state index in [4.69, 9.17) is 9.47 Å². The first-order chi connectivity index (χ1) is 20.6. The second-order valence-corrected chi connectivity index (χ2v) is 11.4. The fourth-order valence-electron chi connectivity index (χ4n) is 5.24. The Kier molecular flexibility index (Phi) is 8.36. The van der Waals surface area contributed by atoms with Gasteiger partial charge in [0.2, 0.25) is 0 Å². The van der Waals surface area contributed by atoms with Crippen molar-refractivity contribution in [2.75, 3.05) is 18.1 Å². The fraction of sp³-hybridized carbons (Fsp3) is 0.344. The Hall–Kier alpha value is -4.51. The van der Waals surface area contributed by atoms with Crippen LogP contribution in [-0.4, -0.2) is 50.2 Å². The lowest BCUT2D eigenvalue weighted by molar-refractivity contribution is -0.132. The van der Waals surface area contributed by atoms with Crippen LogP contribution in [0.4, 0.5) is 5.13 Å². The number of rotatable bonds is 10. The summed E-state index contributed by atoms with van der Waals surface area (Å²) in [5.41, 5.74) is 3.14. The molecule has 11 heteroatoms. The molecule has 224 valence electrons. The van der Waals surface area contributed by atoms with Crippen LogP contribution in [0.15, 0.2) is 42.1 Å². The van der Waals surface area contributed by atoms with Crippen LogP contribution in [0.1, 0.15) is 77.5 Å². The molecule has 4 aromatic rings. The minimum absolute atomic E-state index is 0.131. The Morgan fingerprint density at radius 1 is 1.07 bits per heavy atom. The molecule has 0 radical (unpaired) electrons. The molecule has 4 heterocycles. The largest absolute Gasteiger partial charge is 0.505 e. The lowest BCUT2D eigenvalue weighted by atomic mass is 9.96. The van der Waals surface area contributed by atoms with Crippen LogP contribution in [0, 0.1) is 20.8 Å². The van der Waals surface area contributed by atoms with E-state index in [0.29, 0.717) is 52.2 Å². The van der Waals surface area contributed by atoms with Crippen molar-refractivity contribution in [3.8, 4) is 11.5 Å². The number of aryl methyl sites for hydroxylation is 3. The van der Waals surface area contributed by atoms with Crippen molar-refractivity contribution in [3.05, 3.63) is 75.2 Å². The van der Waals surface area contributed by atoms with Gasteiger partial charge in [0.1, 0.15) is 11.3 Å². The van der Waals surface area contributed by atoms with Crippen molar-refractivity contribution in [2.45, 2.75) is 60.4 Å². The Morgan fingerprint density at radius 3 is 2.49 bits per heavy atom. The number of aliphatic hydroxyl groups is 1. The average Bonchev–Trinajstić information content (AvgIpc) is 3.61. The summed E-state index contributed by atoms with van der Waals surface area (Å²) in [6.45, 7) is 11.6. The predicted octanol–water partition coefficient (Wildman–Crippen LogP) is 6.12. The summed E-state index contributed by atoms with van der Waals surface area (Å²) in [6.07, 6.45) is 3.66. The Bertz CT molecular complexity index is 1790. The summed E-state index contributed by atoms with van der Waals surface area (Å²) in [5, 5.41) is 12.0. The second kappa shape index (κ2) is 12.0. The number of benzene rings is 1. The molecule has 1 aliphatic heterocycles. The smallest absolute Gasteiger partial charge is 0.301 e. The van der Waals surface area contributed by atoms with Gasteiger partial charge in [-0.05, 0) is 63.4 Å². The molecule has 0 bridgehead atoms. The molecule has 10 nitrogen and oxygen atoms in total. The molecule has 3 aromatic heterocycles. The van der Waals surface area contributed by atoms with Crippen LogP contribution in [0.2, 0.25) is 0 Å². The van der Waals surface area contributed by atoms with Gasteiger partial charge in [0.25, 0.3) is 5.78 Å². The molecule has 1 unspecified atom stereocenters. The molecule has 43 heavy (non-hydrogen) atoms. The zero-order valence-electron chi connectivity index (χ0n) is 25.1.